The zero-order valence-electron chi connectivity index (χ0n) is 15.3. The van der Waals surface area contributed by atoms with E-state index < -0.39 is 0 Å². The Morgan fingerprint density at radius 1 is 1.36 bits per heavy atom. The molecule has 0 aromatic heterocycles. The number of amides is 1. The van der Waals surface area contributed by atoms with Gasteiger partial charge in [0.15, 0.2) is 0 Å². The molecule has 1 aromatic rings. The van der Waals surface area contributed by atoms with E-state index in [-0.39, 0.29) is 17.8 Å². The van der Waals surface area contributed by atoms with Crippen LogP contribution >= 0.6 is 0 Å². The molecule has 1 heterocycles. The van der Waals surface area contributed by atoms with Gasteiger partial charge in [0.2, 0.25) is 5.91 Å². The van der Waals surface area contributed by atoms with Crippen LogP contribution in [0.4, 0.5) is 5.69 Å². The fourth-order valence-corrected chi connectivity index (χ4v) is 3.10. The second-order valence-electron chi connectivity index (χ2n) is 6.39. The second kappa shape index (κ2) is 9.42. The molecule has 138 valence electrons. The van der Waals surface area contributed by atoms with E-state index in [0.29, 0.717) is 37.6 Å². The van der Waals surface area contributed by atoms with Crippen LogP contribution in [0.1, 0.15) is 31.7 Å². The van der Waals surface area contributed by atoms with Gasteiger partial charge in [-0.2, -0.15) is 0 Å². The maximum Gasteiger partial charge on any atom is 0.310 e. The van der Waals surface area contributed by atoms with Gasteiger partial charge in [0.25, 0.3) is 0 Å². The molecule has 0 radical (unpaired) electrons. The Hall–Kier alpha value is -2.08. The number of rotatable bonds is 7. The second-order valence-corrected chi connectivity index (χ2v) is 6.39. The van der Waals surface area contributed by atoms with Gasteiger partial charge in [-0.25, -0.2) is 0 Å². The highest BCUT2D eigenvalue weighted by atomic mass is 16.5. The van der Waals surface area contributed by atoms with Gasteiger partial charge in [-0.15, -0.1) is 0 Å². The number of hydrogen-bond acceptors (Lipinski definition) is 5. The fourth-order valence-electron chi connectivity index (χ4n) is 3.10. The van der Waals surface area contributed by atoms with Gasteiger partial charge >= 0.3 is 5.97 Å². The van der Waals surface area contributed by atoms with Crippen molar-refractivity contribution in [3.05, 3.63) is 23.8 Å². The van der Waals surface area contributed by atoms with Crippen LogP contribution in [0.25, 0.3) is 0 Å². The first-order chi connectivity index (χ1) is 12.0. The number of aryl methyl sites for hydroxylation is 1. The molecule has 1 aliphatic heterocycles. The summed E-state index contributed by atoms with van der Waals surface area (Å²) in [6.45, 7) is 6.42. The van der Waals surface area contributed by atoms with Gasteiger partial charge in [0.05, 0.1) is 25.3 Å². The lowest BCUT2D eigenvalue weighted by Gasteiger charge is -2.31. The summed E-state index contributed by atoms with van der Waals surface area (Å²) in [5.74, 6) is 0.399. The Balaban J connectivity index is 1.83. The highest BCUT2D eigenvalue weighted by molar-refractivity contribution is 5.92. The van der Waals surface area contributed by atoms with Crippen molar-refractivity contribution in [2.24, 2.45) is 5.92 Å². The van der Waals surface area contributed by atoms with Gasteiger partial charge < -0.3 is 19.7 Å². The quantitative estimate of drug-likeness (QED) is 0.767. The summed E-state index contributed by atoms with van der Waals surface area (Å²) >= 11 is 0. The van der Waals surface area contributed by atoms with Crippen LogP contribution in [0.3, 0.4) is 0 Å². The van der Waals surface area contributed by atoms with Crippen molar-refractivity contribution in [1.29, 1.82) is 0 Å². The minimum Gasteiger partial charge on any atom is -0.495 e. The molecule has 2 rings (SSSR count). The van der Waals surface area contributed by atoms with Crippen LogP contribution in [-0.4, -0.2) is 50.1 Å². The van der Waals surface area contributed by atoms with Crippen LogP contribution in [0, 0.1) is 12.8 Å². The number of esters is 1. The molecule has 1 aliphatic rings. The molecule has 6 nitrogen and oxygen atoms in total. The minimum absolute atomic E-state index is 0.0536. The maximum atomic E-state index is 12.3. The lowest BCUT2D eigenvalue weighted by molar-refractivity contribution is -0.149. The highest BCUT2D eigenvalue weighted by Gasteiger charge is 2.26. The van der Waals surface area contributed by atoms with Crippen molar-refractivity contribution < 1.29 is 19.1 Å². The predicted molar refractivity (Wildman–Crippen MR) is 96.8 cm³/mol. The molecular formula is C19H28N2O4. The van der Waals surface area contributed by atoms with Crippen LogP contribution in [0.15, 0.2) is 18.2 Å². The number of hydrogen-bond donors (Lipinski definition) is 1. The van der Waals surface area contributed by atoms with Gasteiger partial charge in [-0.1, -0.05) is 6.07 Å². The first kappa shape index (κ1) is 19.2. The van der Waals surface area contributed by atoms with Crippen molar-refractivity contribution in [3.63, 3.8) is 0 Å². The number of piperidine rings is 1. The lowest BCUT2D eigenvalue weighted by Crippen LogP contribution is -2.40. The molecule has 0 spiro atoms. The van der Waals surface area contributed by atoms with Crippen LogP contribution in [-0.2, 0) is 14.3 Å². The van der Waals surface area contributed by atoms with E-state index >= 15 is 0 Å². The minimum atomic E-state index is -0.124. The van der Waals surface area contributed by atoms with E-state index in [1.165, 1.54) is 0 Å². The molecule has 0 saturated carbocycles. The zero-order chi connectivity index (χ0) is 18.2. The first-order valence-corrected chi connectivity index (χ1v) is 8.87. The van der Waals surface area contributed by atoms with Gasteiger partial charge in [0.1, 0.15) is 5.75 Å². The highest BCUT2D eigenvalue weighted by Crippen LogP contribution is 2.25. The molecule has 1 fully saturated rings. The Kier molecular flexibility index (Phi) is 7.25. The van der Waals surface area contributed by atoms with Crippen molar-refractivity contribution in [2.45, 2.75) is 33.1 Å². The van der Waals surface area contributed by atoms with Crippen molar-refractivity contribution in [1.82, 2.24) is 4.90 Å². The predicted octanol–water partition coefficient (Wildman–Crippen LogP) is 2.61. The summed E-state index contributed by atoms with van der Waals surface area (Å²) < 4.78 is 10.4. The number of benzene rings is 1. The Labute approximate surface area is 149 Å². The molecule has 0 unspecified atom stereocenters. The van der Waals surface area contributed by atoms with Crippen LogP contribution in [0.5, 0.6) is 5.75 Å². The molecular weight excluding hydrogens is 320 g/mol. The van der Waals surface area contributed by atoms with E-state index in [4.69, 9.17) is 9.47 Å². The Morgan fingerprint density at radius 2 is 2.16 bits per heavy atom. The molecule has 25 heavy (non-hydrogen) atoms. The smallest absolute Gasteiger partial charge is 0.310 e. The van der Waals surface area contributed by atoms with Crippen molar-refractivity contribution in [2.75, 3.05) is 38.7 Å². The van der Waals surface area contributed by atoms with Gasteiger partial charge in [-0.05, 0) is 50.9 Å². The van der Waals surface area contributed by atoms with Gasteiger partial charge in [0, 0.05) is 19.5 Å². The number of carbonyl (C=O) groups excluding carboxylic acids is 2. The monoisotopic (exact) mass is 348 g/mol. The fraction of sp³-hybridized carbons (Fsp3) is 0.579. The average Bonchev–Trinajstić information content (AvgIpc) is 2.61. The largest absolute Gasteiger partial charge is 0.495 e. The van der Waals surface area contributed by atoms with Gasteiger partial charge in [-0.3, -0.25) is 9.59 Å². The van der Waals surface area contributed by atoms with Crippen molar-refractivity contribution in [3.8, 4) is 5.75 Å². The molecule has 1 saturated heterocycles. The Bertz CT molecular complexity index is 603. The Morgan fingerprint density at radius 3 is 2.88 bits per heavy atom. The number of likely N-dealkylation sites (tertiary alicyclic amines) is 1. The summed E-state index contributed by atoms with van der Waals surface area (Å²) in [7, 11) is 1.59. The first-order valence-electron chi connectivity index (χ1n) is 8.87. The third-order valence-electron chi connectivity index (χ3n) is 4.41. The van der Waals surface area contributed by atoms with E-state index in [2.05, 4.69) is 10.2 Å². The topological polar surface area (TPSA) is 67.9 Å². The lowest BCUT2D eigenvalue weighted by atomic mass is 9.98. The summed E-state index contributed by atoms with van der Waals surface area (Å²) in [4.78, 5) is 26.3. The normalized spacial score (nSPS) is 17.8. The number of anilines is 1. The molecule has 0 bridgehead atoms. The number of ether oxygens (including phenoxy) is 2. The standard InChI is InChI=1S/C19H28N2O4/c1-4-25-19(23)15-6-5-10-21(13-15)11-9-18(22)20-16-12-14(2)7-8-17(16)24-3/h7-8,12,15H,4-6,9-11,13H2,1-3H3,(H,20,22)/t15-/m0/s1. The molecule has 0 aliphatic carbocycles. The van der Waals surface area contributed by atoms with Crippen molar-refractivity contribution >= 4 is 17.6 Å². The van der Waals surface area contributed by atoms with E-state index in [1.54, 1.807) is 7.11 Å². The van der Waals surface area contributed by atoms with Crippen LogP contribution < -0.4 is 10.1 Å². The van der Waals surface area contributed by atoms with E-state index in [0.717, 1.165) is 24.9 Å². The number of methoxy groups -OCH3 is 1. The number of carbonyl (C=O) groups is 2. The molecule has 1 atom stereocenters. The average molecular weight is 348 g/mol. The third-order valence-corrected chi connectivity index (χ3v) is 4.41. The maximum absolute atomic E-state index is 12.3. The van der Waals surface area contributed by atoms with E-state index in [9.17, 15) is 9.59 Å². The van der Waals surface area contributed by atoms with Crippen LogP contribution in [0.2, 0.25) is 0 Å². The summed E-state index contributed by atoms with van der Waals surface area (Å²) in [6.07, 6.45) is 2.20. The number of nitrogens with zero attached hydrogens (tertiary/aromatic N) is 1. The number of nitrogens with one attached hydrogen (secondary N) is 1. The summed E-state index contributed by atoms with van der Waals surface area (Å²) in [6, 6.07) is 5.69. The summed E-state index contributed by atoms with van der Waals surface area (Å²) in [5.41, 5.74) is 1.75. The molecule has 6 heteroatoms. The molecule has 1 N–H and O–H groups in total. The van der Waals surface area contributed by atoms with E-state index in [1.807, 2.05) is 32.0 Å². The third kappa shape index (κ3) is 5.74. The SMILES string of the molecule is CCOC(=O)[C@H]1CCCN(CCC(=O)Nc2cc(C)ccc2OC)C1. The summed E-state index contributed by atoms with van der Waals surface area (Å²) in [5, 5.41) is 2.91. The zero-order valence-corrected chi connectivity index (χ0v) is 15.3. The molecule has 1 amide bonds. The molecule has 1 aromatic carbocycles.